The number of nitrogens with one attached hydrogen (secondary N) is 2. The number of hydrogen-bond donors (Lipinski definition) is 3. The molecule has 6 nitrogen and oxygen atoms in total. The van der Waals surface area contributed by atoms with Gasteiger partial charge in [-0.2, -0.15) is 0 Å². The number of aliphatic imine (C=N–C) groups is 1. The third-order valence-electron chi connectivity index (χ3n) is 4.50. The van der Waals surface area contributed by atoms with Crippen molar-refractivity contribution in [3.05, 3.63) is 59.4 Å². The van der Waals surface area contributed by atoms with E-state index < -0.39 is 17.3 Å². The molecule has 1 aliphatic rings. The standard InChI is InChI=1S/C20H21FN4O2S/c1-12(26)23-15-6-3-13(4-7-15)18(27)24-17-11-14(5-8-16(17)21)20(2)9-10-28-19(22)25-20/h3-8,11H,9-10H2,1-2H3,(H2,22,25)(H,23,26)(H,24,27). The SMILES string of the molecule is CC(=O)Nc1ccc(C(=O)Nc2cc(C3(C)CCSC(N)=N3)ccc2F)cc1. The molecular formula is C20H21FN4O2S. The lowest BCUT2D eigenvalue weighted by Crippen LogP contribution is -2.29. The van der Waals surface area contributed by atoms with E-state index in [1.54, 1.807) is 36.4 Å². The summed E-state index contributed by atoms with van der Waals surface area (Å²) in [6.07, 6.45) is 0.766. The van der Waals surface area contributed by atoms with Crippen molar-refractivity contribution in [1.29, 1.82) is 0 Å². The maximum atomic E-state index is 14.3. The molecule has 2 amide bonds. The van der Waals surface area contributed by atoms with E-state index in [0.717, 1.165) is 17.7 Å². The summed E-state index contributed by atoms with van der Waals surface area (Å²) >= 11 is 1.49. The molecule has 0 saturated carbocycles. The fraction of sp³-hybridized carbons (Fsp3) is 0.250. The van der Waals surface area contributed by atoms with Crippen LogP contribution in [0.25, 0.3) is 0 Å². The molecule has 8 heteroatoms. The molecule has 0 spiro atoms. The van der Waals surface area contributed by atoms with Crippen LogP contribution in [-0.2, 0) is 10.3 Å². The molecule has 1 atom stereocenters. The second-order valence-corrected chi connectivity index (χ2v) is 7.84. The molecule has 3 rings (SSSR count). The van der Waals surface area contributed by atoms with Crippen molar-refractivity contribution < 1.29 is 14.0 Å². The minimum Gasteiger partial charge on any atom is -0.379 e. The Balaban J connectivity index is 1.81. The number of halogens is 1. The molecule has 0 radical (unpaired) electrons. The minimum absolute atomic E-state index is 0.0849. The molecular weight excluding hydrogens is 379 g/mol. The second kappa shape index (κ2) is 8.02. The van der Waals surface area contributed by atoms with Crippen LogP contribution in [0.3, 0.4) is 0 Å². The Morgan fingerprint density at radius 1 is 1.18 bits per heavy atom. The van der Waals surface area contributed by atoms with Crippen molar-refractivity contribution in [2.75, 3.05) is 16.4 Å². The first-order valence-electron chi connectivity index (χ1n) is 8.74. The Bertz CT molecular complexity index is 946. The fourth-order valence-corrected chi connectivity index (χ4v) is 3.93. The molecule has 4 N–H and O–H groups in total. The predicted molar refractivity (Wildman–Crippen MR) is 111 cm³/mol. The van der Waals surface area contributed by atoms with E-state index in [0.29, 0.717) is 16.4 Å². The van der Waals surface area contributed by atoms with Crippen LogP contribution in [0.1, 0.15) is 36.2 Å². The largest absolute Gasteiger partial charge is 0.379 e. The number of rotatable bonds is 4. The Morgan fingerprint density at radius 3 is 2.54 bits per heavy atom. The first kappa shape index (κ1) is 19.9. The first-order valence-corrected chi connectivity index (χ1v) is 9.72. The number of anilines is 2. The van der Waals surface area contributed by atoms with Crippen LogP contribution in [0.4, 0.5) is 15.8 Å². The van der Waals surface area contributed by atoms with Crippen molar-refractivity contribution in [2.24, 2.45) is 10.7 Å². The summed E-state index contributed by atoms with van der Waals surface area (Å²) in [4.78, 5) is 28.1. The van der Waals surface area contributed by atoms with Crippen LogP contribution >= 0.6 is 11.8 Å². The van der Waals surface area contributed by atoms with Crippen molar-refractivity contribution in [1.82, 2.24) is 0 Å². The molecule has 146 valence electrons. The number of hydrogen-bond acceptors (Lipinski definition) is 5. The molecule has 2 aromatic carbocycles. The number of amides is 2. The van der Waals surface area contributed by atoms with Gasteiger partial charge in [0.2, 0.25) is 5.91 Å². The fourth-order valence-electron chi connectivity index (χ4n) is 2.95. The maximum Gasteiger partial charge on any atom is 0.255 e. The zero-order valence-corrected chi connectivity index (χ0v) is 16.4. The number of carbonyl (C=O) groups excluding carboxylic acids is 2. The summed E-state index contributed by atoms with van der Waals surface area (Å²) in [6, 6.07) is 10.9. The summed E-state index contributed by atoms with van der Waals surface area (Å²) < 4.78 is 14.3. The predicted octanol–water partition coefficient (Wildman–Crippen LogP) is 3.70. The third kappa shape index (κ3) is 4.51. The van der Waals surface area contributed by atoms with Gasteiger partial charge in [0.15, 0.2) is 5.17 Å². The van der Waals surface area contributed by atoms with E-state index in [4.69, 9.17) is 5.73 Å². The quantitative estimate of drug-likeness (QED) is 0.729. The summed E-state index contributed by atoms with van der Waals surface area (Å²) in [5.41, 5.74) is 7.10. The highest BCUT2D eigenvalue weighted by Crippen LogP contribution is 2.36. The van der Waals surface area contributed by atoms with Crippen LogP contribution in [0.5, 0.6) is 0 Å². The van der Waals surface area contributed by atoms with Gasteiger partial charge in [-0.1, -0.05) is 17.8 Å². The van der Waals surface area contributed by atoms with Gasteiger partial charge in [-0.05, 0) is 55.3 Å². The molecule has 1 aliphatic heterocycles. The number of amidine groups is 1. The Kier molecular flexibility index (Phi) is 5.69. The van der Waals surface area contributed by atoms with Crippen LogP contribution in [0, 0.1) is 5.82 Å². The smallest absolute Gasteiger partial charge is 0.255 e. The second-order valence-electron chi connectivity index (χ2n) is 6.73. The average Bonchev–Trinajstić information content (AvgIpc) is 2.63. The Hall–Kier alpha value is -2.87. The molecule has 1 heterocycles. The molecule has 0 saturated heterocycles. The molecule has 0 fully saturated rings. The summed E-state index contributed by atoms with van der Waals surface area (Å²) in [7, 11) is 0. The van der Waals surface area contributed by atoms with Gasteiger partial charge in [-0.15, -0.1) is 0 Å². The lowest BCUT2D eigenvalue weighted by Gasteiger charge is -2.30. The van der Waals surface area contributed by atoms with Crippen LogP contribution < -0.4 is 16.4 Å². The van der Waals surface area contributed by atoms with E-state index in [2.05, 4.69) is 15.6 Å². The summed E-state index contributed by atoms with van der Waals surface area (Å²) in [6.45, 7) is 3.35. The van der Waals surface area contributed by atoms with E-state index >= 15 is 0 Å². The molecule has 0 aromatic heterocycles. The number of nitrogens with two attached hydrogens (primary N) is 1. The molecule has 1 unspecified atom stereocenters. The van der Waals surface area contributed by atoms with Gasteiger partial charge in [0.05, 0.1) is 11.2 Å². The maximum absolute atomic E-state index is 14.3. The van der Waals surface area contributed by atoms with Crippen molar-refractivity contribution in [2.45, 2.75) is 25.8 Å². The Morgan fingerprint density at radius 2 is 1.89 bits per heavy atom. The van der Waals surface area contributed by atoms with Gasteiger partial charge in [0.25, 0.3) is 5.91 Å². The molecule has 0 aliphatic carbocycles. The van der Waals surface area contributed by atoms with Crippen molar-refractivity contribution >= 4 is 40.1 Å². The number of thioether (sulfide) groups is 1. The van der Waals surface area contributed by atoms with Gasteiger partial charge in [-0.25, -0.2) is 4.39 Å². The van der Waals surface area contributed by atoms with E-state index in [-0.39, 0.29) is 11.6 Å². The van der Waals surface area contributed by atoms with Gasteiger partial charge < -0.3 is 16.4 Å². The Labute approximate surface area is 166 Å². The molecule has 28 heavy (non-hydrogen) atoms. The number of benzene rings is 2. The highest BCUT2D eigenvalue weighted by molar-refractivity contribution is 8.13. The third-order valence-corrected chi connectivity index (χ3v) is 5.29. The van der Waals surface area contributed by atoms with E-state index in [9.17, 15) is 14.0 Å². The zero-order chi connectivity index (χ0) is 20.3. The van der Waals surface area contributed by atoms with Crippen LogP contribution in [0.15, 0.2) is 47.5 Å². The number of carbonyl (C=O) groups is 2. The van der Waals surface area contributed by atoms with Gasteiger partial charge in [0, 0.05) is 23.9 Å². The lowest BCUT2D eigenvalue weighted by molar-refractivity contribution is -0.114. The van der Waals surface area contributed by atoms with Crippen molar-refractivity contribution in [3.63, 3.8) is 0 Å². The molecule has 2 aromatic rings. The topological polar surface area (TPSA) is 96.6 Å². The van der Waals surface area contributed by atoms with Crippen molar-refractivity contribution in [3.8, 4) is 0 Å². The van der Waals surface area contributed by atoms with Gasteiger partial charge in [-0.3, -0.25) is 14.6 Å². The monoisotopic (exact) mass is 400 g/mol. The van der Waals surface area contributed by atoms with E-state index in [1.165, 1.54) is 24.8 Å². The summed E-state index contributed by atoms with van der Waals surface area (Å²) in [5.74, 6) is -0.351. The van der Waals surface area contributed by atoms with Crippen LogP contribution in [0.2, 0.25) is 0 Å². The first-order chi connectivity index (χ1) is 13.3. The highest BCUT2D eigenvalue weighted by Gasteiger charge is 2.30. The minimum atomic E-state index is -0.553. The van der Waals surface area contributed by atoms with Crippen LogP contribution in [-0.4, -0.2) is 22.7 Å². The van der Waals surface area contributed by atoms with Gasteiger partial charge in [0.1, 0.15) is 5.82 Å². The number of nitrogens with zero attached hydrogens (tertiary/aromatic N) is 1. The highest BCUT2D eigenvalue weighted by atomic mass is 32.2. The lowest BCUT2D eigenvalue weighted by atomic mass is 9.89. The summed E-state index contributed by atoms with van der Waals surface area (Å²) in [5, 5.41) is 5.74. The zero-order valence-electron chi connectivity index (χ0n) is 15.6. The van der Waals surface area contributed by atoms with Gasteiger partial charge >= 0.3 is 0 Å². The van der Waals surface area contributed by atoms with E-state index in [1.807, 2.05) is 6.92 Å². The molecule has 0 bridgehead atoms. The average molecular weight is 400 g/mol. The normalized spacial score (nSPS) is 18.9.